The maximum absolute atomic E-state index is 11.0. The van der Waals surface area contributed by atoms with Gasteiger partial charge in [0, 0.05) is 5.69 Å². The van der Waals surface area contributed by atoms with Crippen molar-refractivity contribution in [2.24, 2.45) is 0 Å². The Hall–Kier alpha value is -1.71. The summed E-state index contributed by atoms with van der Waals surface area (Å²) in [4.78, 5) is 21.8. The van der Waals surface area contributed by atoms with Crippen LogP contribution in [0.1, 0.15) is 11.3 Å². The molecule has 0 unspecified atom stereocenters. The van der Waals surface area contributed by atoms with E-state index in [4.69, 9.17) is 0 Å². The highest BCUT2D eigenvalue weighted by molar-refractivity contribution is 5.73. The van der Waals surface area contributed by atoms with Gasteiger partial charge in [-0.1, -0.05) is 0 Å². The van der Waals surface area contributed by atoms with Crippen LogP contribution >= 0.6 is 0 Å². The van der Waals surface area contributed by atoms with Gasteiger partial charge in [-0.3, -0.25) is 4.79 Å². The van der Waals surface area contributed by atoms with E-state index in [9.17, 15) is 4.79 Å². The van der Waals surface area contributed by atoms with Crippen LogP contribution in [0.5, 0.6) is 0 Å². The molecule has 66 valence electrons. The summed E-state index contributed by atoms with van der Waals surface area (Å²) >= 11 is 0. The second-order valence-electron chi connectivity index (χ2n) is 3.03. The van der Waals surface area contributed by atoms with Crippen molar-refractivity contribution < 1.29 is 0 Å². The molecule has 0 aliphatic carbocycles. The summed E-state index contributed by atoms with van der Waals surface area (Å²) in [5.74, 6) is 0. The van der Waals surface area contributed by atoms with Crippen molar-refractivity contribution in [3.05, 3.63) is 33.9 Å². The molecular weight excluding hydrogens is 166 g/mol. The summed E-state index contributed by atoms with van der Waals surface area (Å²) < 4.78 is 0. The molecule has 0 atom stereocenters. The van der Waals surface area contributed by atoms with Crippen LogP contribution in [-0.4, -0.2) is 15.0 Å². The van der Waals surface area contributed by atoms with E-state index in [0.717, 1.165) is 16.8 Å². The first-order chi connectivity index (χ1) is 6.16. The van der Waals surface area contributed by atoms with E-state index in [1.54, 1.807) is 0 Å². The van der Waals surface area contributed by atoms with Gasteiger partial charge >= 0.3 is 0 Å². The van der Waals surface area contributed by atoms with E-state index in [1.807, 2.05) is 19.9 Å². The SMILES string of the molecule is Cc1cc(C)c2[nH]c(=O)cnc2n1. The van der Waals surface area contributed by atoms with Gasteiger partial charge in [-0.25, -0.2) is 9.97 Å². The fraction of sp³-hybridized carbons (Fsp3) is 0.222. The second-order valence-corrected chi connectivity index (χ2v) is 3.03. The first-order valence-electron chi connectivity index (χ1n) is 4.00. The Morgan fingerprint density at radius 2 is 2.15 bits per heavy atom. The molecular formula is C9H9N3O. The first-order valence-corrected chi connectivity index (χ1v) is 4.00. The molecule has 4 heteroatoms. The van der Waals surface area contributed by atoms with Crippen LogP contribution in [0.2, 0.25) is 0 Å². The van der Waals surface area contributed by atoms with Gasteiger partial charge in [0.25, 0.3) is 5.56 Å². The third-order valence-corrected chi connectivity index (χ3v) is 1.88. The van der Waals surface area contributed by atoms with Crippen LogP contribution in [0, 0.1) is 13.8 Å². The maximum Gasteiger partial charge on any atom is 0.267 e. The number of aromatic nitrogens is 3. The summed E-state index contributed by atoms with van der Waals surface area (Å²) in [6.45, 7) is 3.83. The fourth-order valence-corrected chi connectivity index (χ4v) is 1.34. The van der Waals surface area contributed by atoms with Crippen LogP contribution in [0.3, 0.4) is 0 Å². The average Bonchev–Trinajstić information content (AvgIpc) is 2.06. The molecule has 0 aliphatic heterocycles. The van der Waals surface area contributed by atoms with Crippen LogP contribution in [0.15, 0.2) is 17.1 Å². The Bertz CT molecular complexity index is 516. The number of pyridine rings is 1. The van der Waals surface area contributed by atoms with Crippen molar-refractivity contribution in [1.82, 2.24) is 15.0 Å². The minimum absolute atomic E-state index is 0.193. The highest BCUT2D eigenvalue weighted by atomic mass is 16.1. The molecule has 0 fully saturated rings. The first kappa shape index (κ1) is 7.91. The monoisotopic (exact) mass is 175 g/mol. The van der Waals surface area contributed by atoms with Crippen molar-refractivity contribution in [3.63, 3.8) is 0 Å². The highest BCUT2D eigenvalue weighted by Gasteiger charge is 2.01. The molecule has 0 saturated carbocycles. The molecule has 0 radical (unpaired) electrons. The molecule has 0 aliphatic rings. The highest BCUT2D eigenvalue weighted by Crippen LogP contribution is 2.10. The van der Waals surface area contributed by atoms with E-state index in [2.05, 4.69) is 15.0 Å². The number of fused-ring (bicyclic) bond motifs is 1. The molecule has 0 saturated heterocycles. The largest absolute Gasteiger partial charge is 0.318 e. The molecule has 4 nitrogen and oxygen atoms in total. The molecule has 0 spiro atoms. The van der Waals surface area contributed by atoms with E-state index >= 15 is 0 Å². The Kier molecular flexibility index (Phi) is 1.62. The van der Waals surface area contributed by atoms with Gasteiger partial charge < -0.3 is 4.98 Å². The molecule has 2 aromatic rings. The van der Waals surface area contributed by atoms with Gasteiger partial charge in [0.1, 0.15) is 0 Å². The van der Waals surface area contributed by atoms with Crippen molar-refractivity contribution in [2.75, 3.05) is 0 Å². The summed E-state index contributed by atoms with van der Waals surface area (Å²) in [6, 6.07) is 1.92. The van der Waals surface area contributed by atoms with Gasteiger partial charge in [0.2, 0.25) is 0 Å². The Morgan fingerprint density at radius 1 is 1.38 bits per heavy atom. The lowest BCUT2D eigenvalue weighted by Gasteiger charge is -2.00. The number of hydrogen-bond donors (Lipinski definition) is 1. The standard InChI is InChI=1S/C9H9N3O/c1-5-3-6(2)11-9-8(5)12-7(13)4-10-9/h3-4H,1-2H3,(H,12,13). The van der Waals surface area contributed by atoms with Crippen LogP contribution in [-0.2, 0) is 0 Å². The van der Waals surface area contributed by atoms with Gasteiger partial charge in [-0.05, 0) is 25.5 Å². The average molecular weight is 175 g/mol. The number of hydrogen-bond acceptors (Lipinski definition) is 3. The van der Waals surface area contributed by atoms with E-state index in [-0.39, 0.29) is 5.56 Å². The quantitative estimate of drug-likeness (QED) is 0.648. The lowest BCUT2D eigenvalue weighted by molar-refractivity contribution is 1.12. The number of aryl methyl sites for hydroxylation is 2. The molecule has 0 amide bonds. The zero-order valence-electron chi connectivity index (χ0n) is 7.46. The number of nitrogens with zero attached hydrogens (tertiary/aromatic N) is 2. The third kappa shape index (κ3) is 1.30. The third-order valence-electron chi connectivity index (χ3n) is 1.88. The normalized spacial score (nSPS) is 10.6. The molecule has 1 N–H and O–H groups in total. The summed E-state index contributed by atoms with van der Waals surface area (Å²) in [5.41, 5.74) is 3.02. The number of nitrogens with one attached hydrogen (secondary N) is 1. The Labute approximate surface area is 74.7 Å². The van der Waals surface area contributed by atoms with Gasteiger partial charge in [-0.2, -0.15) is 0 Å². The minimum atomic E-state index is -0.193. The molecule has 2 aromatic heterocycles. The van der Waals surface area contributed by atoms with E-state index in [1.165, 1.54) is 6.20 Å². The summed E-state index contributed by atoms with van der Waals surface area (Å²) in [5, 5.41) is 0. The Balaban J connectivity index is 2.95. The molecule has 2 heterocycles. The molecule has 0 aromatic carbocycles. The van der Waals surface area contributed by atoms with Crippen molar-refractivity contribution in [2.45, 2.75) is 13.8 Å². The number of aromatic amines is 1. The number of rotatable bonds is 0. The van der Waals surface area contributed by atoms with Crippen LogP contribution in [0.4, 0.5) is 0 Å². The van der Waals surface area contributed by atoms with Crippen molar-refractivity contribution >= 4 is 11.2 Å². The van der Waals surface area contributed by atoms with Crippen LogP contribution < -0.4 is 5.56 Å². The van der Waals surface area contributed by atoms with Crippen molar-refractivity contribution in [3.8, 4) is 0 Å². The lowest BCUT2D eigenvalue weighted by Crippen LogP contribution is -2.07. The topological polar surface area (TPSA) is 58.6 Å². The summed E-state index contributed by atoms with van der Waals surface area (Å²) in [7, 11) is 0. The van der Waals surface area contributed by atoms with E-state index < -0.39 is 0 Å². The van der Waals surface area contributed by atoms with Gasteiger partial charge in [-0.15, -0.1) is 0 Å². The zero-order valence-corrected chi connectivity index (χ0v) is 7.46. The predicted octanol–water partition coefficient (Wildman–Crippen LogP) is 0.935. The lowest BCUT2D eigenvalue weighted by atomic mass is 10.2. The molecule has 2 rings (SSSR count). The number of H-pyrrole nitrogens is 1. The second kappa shape index (κ2) is 2.65. The molecule has 0 bridgehead atoms. The predicted molar refractivity (Wildman–Crippen MR) is 49.6 cm³/mol. The van der Waals surface area contributed by atoms with Crippen molar-refractivity contribution in [1.29, 1.82) is 0 Å². The minimum Gasteiger partial charge on any atom is -0.318 e. The summed E-state index contributed by atoms with van der Waals surface area (Å²) in [6.07, 6.45) is 1.24. The Morgan fingerprint density at radius 3 is 2.92 bits per heavy atom. The van der Waals surface area contributed by atoms with E-state index in [0.29, 0.717) is 5.65 Å². The van der Waals surface area contributed by atoms with Crippen LogP contribution in [0.25, 0.3) is 11.2 Å². The maximum atomic E-state index is 11.0. The molecule has 13 heavy (non-hydrogen) atoms. The smallest absolute Gasteiger partial charge is 0.267 e. The fourth-order valence-electron chi connectivity index (χ4n) is 1.34. The van der Waals surface area contributed by atoms with Gasteiger partial charge in [0.15, 0.2) is 5.65 Å². The zero-order chi connectivity index (χ0) is 9.42. The van der Waals surface area contributed by atoms with Gasteiger partial charge in [0.05, 0.1) is 11.7 Å².